The van der Waals surface area contributed by atoms with Gasteiger partial charge < -0.3 is 5.32 Å². The van der Waals surface area contributed by atoms with Gasteiger partial charge in [-0.15, -0.1) is 0 Å². The number of sulfonamides is 1. The third-order valence-electron chi connectivity index (χ3n) is 2.47. The van der Waals surface area contributed by atoms with Crippen molar-refractivity contribution in [2.24, 2.45) is 0 Å². The van der Waals surface area contributed by atoms with Crippen molar-refractivity contribution in [2.75, 3.05) is 12.8 Å². The molecule has 0 radical (unpaired) electrons. The number of carbonyl (C=O) groups is 1. The van der Waals surface area contributed by atoms with Gasteiger partial charge in [0.15, 0.2) is 6.04 Å². The second-order valence-electron chi connectivity index (χ2n) is 4.06. The average molecular weight is 345 g/mol. The smallest absolute Gasteiger partial charge is 0.340 e. The van der Waals surface area contributed by atoms with Crippen LogP contribution in [-0.4, -0.2) is 33.3 Å². The number of amides is 1. The number of carbonyl (C=O) groups excluding carboxylic acids is 1. The number of nitrogens with one attached hydrogen (secondary N) is 2. The molecule has 1 rings (SSSR count). The minimum atomic E-state index is -4.77. The molecule has 1 aromatic carbocycles. The van der Waals surface area contributed by atoms with Gasteiger partial charge in [-0.3, -0.25) is 4.79 Å². The number of halogens is 4. The molecule has 0 aliphatic rings. The lowest BCUT2D eigenvalue weighted by atomic mass is 10.1. The molecule has 0 spiro atoms. The van der Waals surface area contributed by atoms with Gasteiger partial charge >= 0.3 is 6.18 Å². The summed E-state index contributed by atoms with van der Waals surface area (Å²) < 4.78 is 63.1. The van der Waals surface area contributed by atoms with Crippen LogP contribution in [0.3, 0.4) is 0 Å². The molecule has 0 saturated heterocycles. The molecule has 0 fully saturated rings. The molecule has 2 N–H and O–H groups in total. The summed E-state index contributed by atoms with van der Waals surface area (Å²) in [6, 6.07) is 2.38. The normalized spacial score (nSPS) is 13.8. The highest BCUT2D eigenvalue weighted by atomic mass is 35.5. The van der Waals surface area contributed by atoms with Gasteiger partial charge in [-0.25, -0.2) is 13.1 Å². The zero-order valence-corrected chi connectivity index (χ0v) is 12.3. The molecule has 1 unspecified atom stereocenters. The fourth-order valence-electron chi connectivity index (χ4n) is 1.46. The van der Waals surface area contributed by atoms with E-state index in [1.54, 1.807) is 5.32 Å². The molecular formula is C11H12ClF3N2O3S. The van der Waals surface area contributed by atoms with Crippen LogP contribution in [0.15, 0.2) is 24.3 Å². The zero-order valence-electron chi connectivity index (χ0n) is 10.7. The van der Waals surface area contributed by atoms with Crippen molar-refractivity contribution < 1.29 is 26.4 Å². The maximum Gasteiger partial charge on any atom is 0.412 e. The summed E-state index contributed by atoms with van der Waals surface area (Å²) in [7, 11) is -2.89. The standard InChI is InChI=1S/C11H12ClF3N2O3S/c1-16-21(19,20)6-9(18)17-10(11(13,14)15)7-2-4-8(12)5-3-7/h2-5,10,16H,6H2,1H3,(H,17,18). The minimum Gasteiger partial charge on any atom is -0.340 e. The molecule has 1 aromatic rings. The van der Waals surface area contributed by atoms with Crippen molar-refractivity contribution in [3.8, 4) is 0 Å². The maximum absolute atomic E-state index is 13.0. The Morgan fingerprint density at radius 3 is 2.24 bits per heavy atom. The van der Waals surface area contributed by atoms with Crippen LogP contribution in [0, 0.1) is 0 Å². The van der Waals surface area contributed by atoms with Gasteiger partial charge in [0, 0.05) is 5.02 Å². The third kappa shape index (κ3) is 5.52. The van der Waals surface area contributed by atoms with E-state index < -0.39 is 33.9 Å². The summed E-state index contributed by atoms with van der Waals surface area (Å²) in [6.45, 7) is 0. The fraction of sp³-hybridized carbons (Fsp3) is 0.364. The van der Waals surface area contributed by atoms with Gasteiger partial charge in [-0.1, -0.05) is 23.7 Å². The zero-order chi connectivity index (χ0) is 16.3. The van der Waals surface area contributed by atoms with Crippen LogP contribution in [-0.2, 0) is 14.8 Å². The Bertz CT molecular complexity index is 602. The molecule has 118 valence electrons. The number of rotatable bonds is 5. The molecule has 0 aromatic heterocycles. The van der Waals surface area contributed by atoms with Crippen molar-refractivity contribution in [2.45, 2.75) is 12.2 Å². The monoisotopic (exact) mass is 344 g/mol. The Morgan fingerprint density at radius 2 is 1.81 bits per heavy atom. The maximum atomic E-state index is 13.0. The molecule has 10 heteroatoms. The van der Waals surface area contributed by atoms with Crippen molar-refractivity contribution in [1.29, 1.82) is 0 Å². The van der Waals surface area contributed by atoms with Gasteiger partial charge in [-0.05, 0) is 24.7 Å². The van der Waals surface area contributed by atoms with Gasteiger partial charge in [0.1, 0.15) is 5.75 Å². The van der Waals surface area contributed by atoms with E-state index in [0.29, 0.717) is 0 Å². The van der Waals surface area contributed by atoms with E-state index in [1.165, 1.54) is 12.1 Å². The van der Waals surface area contributed by atoms with Crippen LogP contribution < -0.4 is 10.0 Å². The van der Waals surface area contributed by atoms with Crippen LogP contribution >= 0.6 is 11.6 Å². The van der Waals surface area contributed by atoms with Crippen LogP contribution in [0.1, 0.15) is 11.6 Å². The Balaban J connectivity index is 2.96. The Morgan fingerprint density at radius 1 is 1.29 bits per heavy atom. The van der Waals surface area contributed by atoms with Gasteiger partial charge in [0.05, 0.1) is 0 Å². The topological polar surface area (TPSA) is 75.3 Å². The highest BCUT2D eigenvalue weighted by molar-refractivity contribution is 7.90. The first-order chi connectivity index (χ1) is 9.55. The number of hydrogen-bond donors (Lipinski definition) is 2. The molecule has 0 heterocycles. The van der Waals surface area contributed by atoms with Gasteiger partial charge in [-0.2, -0.15) is 13.2 Å². The number of hydrogen-bond acceptors (Lipinski definition) is 3. The summed E-state index contributed by atoms with van der Waals surface area (Å²) in [4.78, 5) is 11.5. The number of alkyl halides is 3. The summed E-state index contributed by atoms with van der Waals surface area (Å²) in [5.41, 5.74) is -0.248. The van der Waals surface area contributed by atoms with Crippen molar-refractivity contribution in [1.82, 2.24) is 10.0 Å². The summed E-state index contributed by atoms with van der Waals surface area (Å²) >= 11 is 5.59. The van der Waals surface area contributed by atoms with Crippen molar-refractivity contribution in [3.63, 3.8) is 0 Å². The molecule has 5 nitrogen and oxygen atoms in total. The molecule has 0 saturated carbocycles. The predicted octanol–water partition coefficient (Wildman–Crippen LogP) is 1.61. The van der Waals surface area contributed by atoms with Gasteiger partial charge in [0.2, 0.25) is 15.9 Å². The lowest BCUT2D eigenvalue weighted by molar-refractivity contribution is -0.162. The first kappa shape index (κ1) is 17.7. The SMILES string of the molecule is CNS(=O)(=O)CC(=O)NC(c1ccc(Cl)cc1)C(F)(F)F. The summed E-state index contributed by atoms with van der Waals surface area (Å²) in [5, 5.41) is 1.90. The second-order valence-corrected chi connectivity index (χ2v) is 6.42. The average Bonchev–Trinajstić information content (AvgIpc) is 2.35. The van der Waals surface area contributed by atoms with E-state index in [0.717, 1.165) is 19.2 Å². The van der Waals surface area contributed by atoms with Crippen LogP contribution in [0.5, 0.6) is 0 Å². The fourth-order valence-corrected chi connectivity index (χ4v) is 2.16. The molecule has 21 heavy (non-hydrogen) atoms. The van der Waals surface area contributed by atoms with E-state index in [1.807, 2.05) is 4.72 Å². The first-order valence-corrected chi connectivity index (χ1v) is 7.61. The number of benzene rings is 1. The molecule has 0 aliphatic carbocycles. The second kappa shape index (κ2) is 6.63. The highest BCUT2D eigenvalue weighted by Crippen LogP contribution is 2.33. The van der Waals surface area contributed by atoms with E-state index in [2.05, 4.69) is 0 Å². The first-order valence-electron chi connectivity index (χ1n) is 5.58. The van der Waals surface area contributed by atoms with Crippen LogP contribution in [0.4, 0.5) is 13.2 Å². The molecule has 0 bridgehead atoms. The Hall–Kier alpha value is -1.32. The lowest BCUT2D eigenvalue weighted by Crippen LogP contribution is -2.42. The lowest BCUT2D eigenvalue weighted by Gasteiger charge is -2.22. The summed E-state index contributed by atoms with van der Waals surface area (Å²) in [6.07, 6.45) is -4.77. The Labute approximate surface area is 124 Å². The van der Waals surface area contributed by atoms with Crippen molar-refractivity contribution in [3.05, 3.63) is 34.9 Å². The van der Waals surface area contributed by atoms with E-state index >= 15 is 0 Å². The predicted molar refractivity (Wildman–Crippen MR) is 71.2 cm³/mol. The summed E-state index contributed by atoms with van der Waals surface area (Å²) in [5.74, 6) is -2.36. The molecular weight excluding hydrogens is 333 g/mol. The molecule has 1 atom stereocenters. The Kier molecular flexibility index (Phi) is 5.60. The van der Waals surface area contributed by atoms with Crippen LogP contribution in [0.25, 0.3) is 0 Å². The van der Waals surface area contributed by atoms with Crippen LogP contribution in [0.2, 0.25) is 5.02 Å². The third-order valence-corrected chi connectivity index (χ3v) is 3.98. The molecule has 0 aliphatic heterocycles. The van der Waals surface area contributed by atoms with Crippen molar-refractivity contribution >= 4 is 27.5 Å². The van der Waals surface area contributed by atoms with E-state index in [9.17, 15) is 26.4 Å². The minimum absolute atomic E-state index is 0.240. The highest BCUT2D eigenvalue weighted by Gasteiger charge is 2.42. The quantitative estimate of drug-likeness (QED) is 0.852. The van der Waals surface area contributed by atoms with E-state index in [4.69, 9.17) is 11.6 Å². The van der Waals surface area contributed by atoms with E-state index in [-0.39, 0.29) is 10.6 Å². The molecule has 1 amide bonds. The van der Waals surface area contributed by atoms with Gasteiger partial charge in [0.25, 0.3) is 0 Å². The largest absolute Gasteiger partial charge is 0.412 e.